The summed E-state index contributed by atoms with van der Waals surface area (Å²) in [5.74, 6) is -1.59. The van der Waals surface area contributed by atoms with E-state index in [1.807, 2.05) is 95.3 Å². The number of carbonyl (C=O) groups is 4. The van der Waals surface area contributed by atoms with Gasteiger partial charge in [-0.05, 0) is 42.9 Å². The number of urea groups is 1. The molecule has 1 unspecified atom stereocenters. The second-order valence-electron chi connectivity index (χ2n) is 10.4. The Bertz CT molecular complexity index is 1090. The van der Waals surface area contributed by atoms with Gasteiger partial charge in [-0.2, -0.15) is 0 Å². The molecule has 0 heterocycles. The molecule has 2 rings (SSSR count). The molecule has 0 aliphatic heterocycles. The first-order valence-corrected chi connectivity index (χ1v) is 14.0. The zero-order valence-corrected chi connectivity index (χ0v) is 24.5. The summed E-state index contributed by atoms with van der Waals surface area (Å²) in [5.41, 5.74) is 1.56. The Morgan fingerprint density at radius 2 is 1.40 bits per heavy atom. The van der Waals surface area contributed by atoms with Crippen molar-refractivity contribution in [3.63, 3.8) is 0 Å². The Hall–Kier alpha value is -3.88. The van der Waals surface area contributed by atoms with E-state index in [0.717, 1.165) is 5.56 Å². The van der Waals surface area contributed by atoms with Gasteiger partial charge in [0, 0.05) is 18.7 Å². The predicted octanol–water partition coefficient (Wildman–Crippen LogP) is 4.07. The molecule has 9 heteroatoms. The number of hydrogen-bond acceptors (Lipinski definition) is 5. The van der Waals surface area contributed by atoms with E-state index in [1.54, 1.807) is 4.90 Å². The number of para-hydroxylation sites is 1. The molecule has 4 amide bonds. The summed E-state index contributed by atoms with van der Waals surface area (Å²) in [4.78, 5) is 54.3. The highest BCUT2D eigenvalue weighted by molar-refractivity contribution is 5.97. The lowest BCUT2D eigenvalue weighted by Crippen LogP contribution is -2.59. The molecule has 0 bridgehead atoms. The third kappa shape index (κ3) is 9.70. The van der Waals surface area contributed by atoms with Gasteiger partial charge in [-0.15, -0.1) is 0 Å². The number of carbonyl (C=O) groups excluding carboxylic acids is 4. The molecule has 0 aliphatic rings. The average Bonchev–Trinajstić information content (AvgIpc) is 2.95. The molecular formula is C31H44N4O5. The Kier molecular flexibility index (Phi) is 13.2. The molecule has 0 saturated heterocycles. The number of nitrogens with zero attached hydrogens (tertiary/aromatic N) is 1. The van der Waals surface area contributed by atoms with Crippen LogP contribution in [0.3, 0.4) is 0 Å². The maximum absolute atomic E-state index is 13.7. The molecule has 0 aromatic heterocycles. The molecule has 0 spiro atoms. The lowest BCUT2D eigenvalue weighted by molar-refractivity contribution is -0.146. The van der Waals surface area contributed by atoms with E-state index in [0.29, 0.717) is 25.1 Å². The van der Waals surface area contributed by atoms with E-state index in [9.17, 15) is 19.2 Å². The minimum atomic E-state index is -0.945. The van der Waals surface area contributed by atoms with Gasteiger partial charge < -0.3 is 20.7 Å². The summed E-state index contributed by atoms with van der Waals surface area (Å²) in [7, 11) is 1.28. The Balaban J connectivity index is 2.30. The normalized spacial score (nSPS) is 13.9. The van der Waals surface area contributed by atoms with Crippen LogP contribution in [-0.2, 0) is 25.5 Å². The highest BCUT2D eigenvalue weighted by Gasteiger charge is 2.33. The Labute approximate surface area is 238 Å². The third-order valence-corrected chi connectivity index (χ3v) is 6.83. The zero-order chi connectivity index (χ0) is 29.7. The highest BCUT2D eigenvalue weighted by Crippen LogP contribution is 2.15. The van der Waals surface area contributed by atoms with Crippen molar-refractivity contribution in [3.05, 3.63) is 66.2 Å². The van der Waals surface area contributed by atoms with Crippen molar-refractivity contribution in [1.82, 2.24) is 16.0 Å². The largest absolute Gasteiger partial charge is 0.467 e. The van der Waals surface area contributed by atoms with Gasteiger partial charge in [-0.1, -0.05) is 82.6 Å². The van der Waals surface area contributed by atoms with Gasteiger partial charge in [-0.25, -0.2) is 9.59 Å². The molecule has 218 valence electrons. The number of rotatable bonds is 14. The molecule has 2 aromatic carbocycles. The van der Waals surface area contributed by atoms with E-state index in [-0.39, 0.29) is 18.3 Å². The van der Waals surface area contributed by atoms with Crippen LogP contribution in [0, 0.1) is 11.8 Å². The quantitative estimate of drug-likeness (QED) is 0.306. The van der Waals surface area contributed by atoms with Crippen LogP contribution in [0.5, 0.6) is 0 Å². The first-order valence-electron chi connectivity index (χ1n) is 14.0. The molecule has 0 aliphatic carbocycles. The number of esters is 1. The van der Waals surface area contributed by atoms with Gasteiger partial charge in [0.2, 0.25) is 11.8 Å². The van der Waals surface area contributed by atoms with Crippen molar-refractivity contribution in [2.75, 3.05) is 18.6 Å². The molecule has 0 fully saturated rings. The fourth-order valence-corrected chi connectivity index (χ4v) is 4.38. The number of ether oxygens (including phenoxy) is 1. The Morgan fingerprint density at radius 1 is 0.800 bits per heavy atom. The number of anilines is 1. The van der Waals surface area contributed by atoms with Crippen LogP contribution in [0.25, 0.3) is 0 Å². The fourth-order valence-electron chi connectivity index (χ4n) is 4.38. The molecule has 0 radical (unpaired) electrons. The summed E-state index contributed by atoms with van der Waals surface area (Å²) < 4.78 is 4.89. The van der Waals surface area contributed by atoms with Crippen molar-refractivity contribution in [3.8, 4) is 0 Å². The van der Waals surface area contributed by atoms with Crippen molar-refractivity contribution < 1.29 is 23.9 Å². The van der Waals surface area contributed by atoms with E-state index in [1.165, 1.54) is 7.11 Å². The number of amides is 4. The van der Waals surface area contributed by atoms with Crippen LogP contribution in [0.15, 0.2) is 60.7 Å². The maximum atomic E-state index is 13.7. The SMILES string of the molecule is CCC(C)[C@H](NC(=O)[C@H](Cc1ccccc1)NC(=O)N(CC)c1ccccc1)C(=O)N[C@@H](CC(C)C)C(=O)OC. The number of hydrogen-bond donors (Lipinski definition) is 3. The molecule has 3 N–H and O–H groups in total. The summed E-state index contributed by atoms with van der Waals surface area (Å²) in [6.45, 7) is 9.93. The molecule has 4 atom stereocenters. The highest BCUT2D eigenvalue weighted by atomic mass is 16.5. The van der Waals surface area contributed by atoms with Crippen molar-refractivity contribution in [2.24, 2.45) is 11.8 Å². The third-order valence-electron chi connectivity index (χ3n) is 6.83. The standard InChI is InChI=1S/C31H44N4O5/c1-7-22(5)27(29(37)32-26(19-21(3)4)30(38)40-6)34-28(36)25(20-23-15-11-9-12-16-23)33-31(39)35(8-2)24-17-13-10-14-18-24/h9-18,21-22,25-27H,7-8,19-20H2,1-6H3,(H,32,37)(H,33,39)(H,34,36)/t22?,25-,26-,27-/m0/s1. The van der Waals surface area contributed by atoms with Gasteiger partial charge in [-0.3, -0.25) is 14.5 Å². The van der Waals surface area contributed by atoms with Crippen LogP contribution in [0.4, 0.5) is 10.5 Å². The van der Waals surface area contributed by atoms with Crippen molar-refractivity contribution in [1.29, 1.82) is 0 Å². The molecule has 2 aromatic rings. The number of nitrogens with one attached hydrogen (secondary N) is 3. The average molecular weight is 553 g/mol. The fraction of sp³-hybridized carbons (Fsp3) is 0.484. The lowest BCUT2D eigenvalue weighted by Gasteiger charge is -2.29. The summed E-state index contributed by atoms with van der Waals surface area (Å²) in [5, 5.41) is 8.52. The predicted molar refractivity (Wildman–Crippen MR) is 157 cm³/mol. The number of methoxy groups -OCH3 is 1. The van der Waals surface area contributed by atoms with Gasteiger partial charge in [0.25, 0.3) is 0 Å². The molecule has 40 heavy (non-hydrogen) atoms. The van der Waals surface area contributed by atoms with E-state index in [4.69, 9.17) is 4.74 Å². The monoisotopic (exact) mass is 552 g/mol. The topological polar surface area (TPSA) is 117 Å². The first kappa shape index (κ1) is 32.3. The van der Waals surface area contributed by atoms with Crippen LogP contribution in [0.2, 0.25) is 0 Å². The smallest absolute Gasteiger partial charge is 0.328 e. The van der Waals surface area contributed by atoms with Gasteiger partial charge in [0.05, 0.1) is 7.11 Å². The minimum Gasteiger partial charge on any atom is -0.467 e. The van der Waals surface area contributed by atoms with Crippen molar-refractivity contribution in [2.45, 2.75) is 72.0 Å². The second kappa shape index (κ2) is 16.3. The minimum absolute atomic E-state index is 0.137. The first-order chi connectivity index (χ1) is 19.1. The Morgan fingerprint density at radius 3 is 1.93 bits per heavy atom. The van der Waals surface area contributed by atoms with Gasteiger partial charge >= 0.3 is 12.0 Å². The summed E-state index contributed by atoms with van der Waals surface area (Å²) in [6.07, 6.45) is 1.25. The summed E-state index contributed by atoms with van der Waals surface area (Å²) in [6, 6.07) is 15.5. The lowest BCUT2D eigenvalue weighted by atomic mass is 9.96. The van der Waals surface area contributed by atoms with Gasteiger partial charge in [0.15, 0.2) is 0 Å². The van der Waals surface area contributed by atoms with E-state index < -0.39 is 41.9 Å². The van der Waals surface area contributed by atoms with E-state index in [2.05, 4.69) is 16.0 Å². The number of benzene rings is 2. The molecule has 9 nitrogen and oxygen atoms in total. The zero-order valence-electron chi connectivity index (χ0n) is 24.5. The summed E-state index contributed by atoms with van der Waals surface area (Å²) >= 11 is 0. The van der Waals surface area contributed by atoms with Crippen molar-refractivity contribution >= 4 is 29.5 Å². The van der Waals surface area contributed by atoms with Gasteiger partial charge in [0.1, 0.15) is 18.1 Å². The molecule has 0 saturated carbocycles. The van der Waals surface area contributed by atoms with Crippen LogP contribution in [-0.4, -0.2) is 55.6 Å². The molecular weight excluding hydrogens is 508 g/mol. The van der Waals surface area contributed by atoms with Crippen LogP contribution < -0.4 is 20.9 Å². The maximum Gasteiger partial charge on any atom is 0.328 e. The van der Waals surface area contributed by atoms with Crippen LogP contribution in [0.1, 0.15) is 53.0 Å². The second-order valence-corrected chi connectivity index (χ2v) is 10.4. The van der Waals surface area contributed by atoms with Crippen LogP contribution >= 0.6 is 0 Å². The van der Waals surface area contributed by atoms with E-state index >= 15 is 0 Å².